The van der Waals surface area contributed by atoms with Crippen LogP contribution in [0.5, 0.6) is 0 Å². The van der Waals surface area contributed by atoms with Crippen molar-refractivity contribution in [1.82, 2.24) is 5.32 Å². The lowest BCUT2D eigenvalue weighted by Crippen LogP contribution is -2.34. The van der Waals surface area contributed by atoms with E-state index >= 15 is 0 Å². The fourth-order valence-electron chi connectivity index (χ4n) is 1.62. The van der Waals surface area contributed by atoms with Crippen LogP contribution in [0.15, 0.2) is 36.4 Å². The smallest absolute Gasteiger partial charge is 0.257 e. The average Bonchev–Trinajstić information content (AvgIpc) is 2.42. The van der Waals surface area contributed by atoms with Crippen LogP contribution in [-0.2, 0) is 0 Å². The quantitative estimate of drug-likeness (QED) is 0.668. The number of hydrogen-bond acceptors (Lipinski definition) is 2. The number of benzene rings is 2. The van der Waals surface area contributed by atoms with Crippen molar-refractivity contribution in [2.75, 3.05) is 5.32 Å². The van der Waals surface area contributed by atoms with Crippen LogP contribution in [0.4, 0.5) is 5.69 Å². The molecule has 114 valence electrons. The molecule has 0 aliphatic carbocycles. The molecule has 2 aromatic rings. The Morgan fingerprint density at radius 2 is 1.50 bits per heavy atom. The SMILES string of the molecule is O=C(NC(=S)Nc1c(Cl)cccc1Cl)c1cc(Cl)cc(Cl)c1. The van der Waals surface area contributed by atoms with Crippen LogP contribution in [0.3, 0.4) is 0 Å². The predicted molar refractivity (Wildman–Crippen MR) is 96.6 cm³/mol. The number of thiocarbonyl (C=S) groups is 1. The molecule has 0 saturated carbocycles. The number of carbonyl (C=O) groups is 1. The van der Waals surface area contributed by atoms with E-state index in [0.717, 1.165) is 0 Å². The number of hydrogen-bond donors (Lipinski definition) is 2. The molecule has 1 amide bonds. The first-order chi connectivity index (χ1) is 10.4. The lowest BCUT2D eigenvalue weighted by atomic mass is 10.2. The van der Waals surface area contributed by atoms with Crippen LogP contribution < -0.4 is 10.6 Å². The second-order valence-electron chi connectivity index (χ2n) is 4.16. The molecule has 2 rings (SSSR count). The molecule has 3 nitrogen and oxygen atoms in total. The molecule has 0 unspecified atom stereocenters. The molecule has 0 aliphatic heterocycles. The molecule has 0 aliphatic rings. The molecule has 2 N–H and O–H groups in total. The van der Waals surface area contributed by atoms with Crippen molar-refractivity contribution in [3.63, 3.8) is 0 Å². The normalized spacial score (nSPS) is 10.2. The fraction of sp³-hybridized carbons (Fsp3) is 0. The number of anilines is 1. The average molecular weight is 394 g/mol. The number of rotatable bonds is 2. The predicted octanol–water partition coefficient (Wildman–Crippen LogP) is 5.43. The van der Waals surface area contributed by atoms with Gasteiger partial charge in [0.25, 0.3) is 5.91 Å². The monoisotopic (exact) mass is 392 g/mol. The van der Waals surface area contributed by atoms with Gasteiger partial charge in [0.2, 0.25) is 0 Å². The molecule has 0 aromatic heterocycles. The maximum Gasteiger partial charge on any atom is 0.257 e. The number of nitrogens with one attached hydrogen (secondary N) is 2. The molecule has 0 radical (unpaired) electrons. The topological polar surface area (TPSA) is 41.1 Å². The highest BCUT2D eigenvalue weighted by Crippen LogP contribution is 2.29. The summed E-state index contributed by atoms with van der Waals surface area (Å²) in [6.07, 6.45) is 0. The van der Waals surface area contributed by atoms with Crippen molar-refractivity contribution in [2.45, 2.75) is 0 Å². The minimum Gasteiger partial charge on any atom is -0.330 e. The van der Waals surface area contributed by atoms with E-state index < -0.39 is 5.91 Å². The maximum atomic E-state index is 12.1. The standard InChI is InChI=1S/C14H8Cl4N2OS/c15-8-4-7(5-9(16)6-8)13(21)20-14(22)19-12-10(17)2-1-3-11(12)18/h1-6H,(H2,19,20,21,22). The second-order valence-corrected chi connectivity index (χ2v) is 6.26. The van der Waals surface area contributed by atoms with Crippen molar-refractivity contribution < 1.29 is 4.79 Å². The van der Waals surface area contributed by atoms with Gasteiger partial charge in [-0.25, -0.2) is 0 Å². The zero-order chi connectivity index (χ0) is 16.3. The van der Waals surface area contributed by atoms with Crippen LogP contribution in [0.2, 0.25) is 20.1 Å². The van der Waals surface area contributed by atoms with Crippen molar-refractivity contribution in [3.8, 4) is 0 Å². The molecular weight excluding hydrogens is 386 g/mol. The van der Waals surface area contributed by atoms with Gasteiger partial charge in [0, 0.05) is 15.6 Å². The van der Waals surface area contributed by atoms with Crippen molar-refractivity contribution in [2.24, 2.45) is 0 Å². The molecule has 0 saturated heterocycles. The summed E-state index contributed by atoms with van der Waals surface area (Å²) in [5.41, 5.74) is 0.701. The Bertz CT molecular complexity index is 711. The first kappa shape index (κ1) is 17.3. The molecule has 0 heterocycles. The molecule has 2 aromatic carbocycles. The third-order valence-electron chi connectivity index (χ3n) is 2.55. The molecule has 0 atom stereocenters. The minimum atomic E-state index is -0.454. The Hall–Kier alpha value is -1.04. The van der Waals surface area contributed by atoms with E-state index in [1.54, 1.807) is 18.2 Å². The highest BCUT2D eigenvalue weighted by Gasteiger charge is 2.12. The van der Waals surface area contributed by atoms with Crippen molar-refractivity contribution in [3.05, 3.63) is 62.1 Å². The van der Waals surface area contributed by atoms with E-state index in [-0.39, 0.29) is 10.7 Å². The largest absolute Gasteiger partial charge is 0.330 e. The van der Waals surface area contributed by atoms with Crippen LogP contribution >= 0.6 is 58.6 Å². The van der Waals surface area contributed by atoms with Gasteiger partial charge < -0.3 is 5.32 Å². The summed E-state index contributed by atoms with van der Waals surface area (Å²) in [6, 6.07) is 9.49. The Morgan fingerprint density at radius 1 is 0.955 bits per heavy atom. The van der Waals surface area contributed by atoms with Crippen LogP contribution in [0, 0.1) is 0 Å². The van der Waals surface area contributed by atoms with Crippen molar-refractivity contribution in [1.29, 1.82) is 0 Å². The van der Waals surface area contributed by atoms with Crippen LogP contribution in [-0.4, -0.2) is 11.0 Å². The van der Waals surface area contributed by atoms with E-state index in [1.165, 1.54) is 18.2 Å². The molecular formula is C14H8Cl4N2OS. The Labute approximate surface area is 152 Å². The Morgan fingerprint density at radius 3 is 2.05 bits per heavy atom. The molecule has 22 heavy (non-hydrogen) atoms. The van der Waals surface area contributed by atoms with E-state index in [0.29, 0.717) is 25.8 Å². The first-order valence-corrected chi connectivity index (χ1v) is 7.81. The second kappa shape index (κ2) is 7.49. The minimum absolute atomic E-state index is 0.0519. The Balaban J connectivity index is 2.10. The lowest BCUT2D eigenvalue weighted by molar-refractivity contribution is 0.0977. The van der Waals surface area contributed by atoms with Gasteiger partial charge in [-0.15, -0.1) is 0 Å². The van der Waals surface area contributed by atoms with Crippen LogP contribution in [0.25, 0.3) is 0 Å². The third kappa shape index (κ3) is 4.48. The highest BCUT2D eigenvalue weighted by molar-refractivity contribution is 7.80. The summed E-state index contributed by atoms with van der Waals surface area (Å²) in [5.74, 6) is -0.454. The summed E-state index contributed by atoms with van der Waals surface area (Å²) >= 11 is 28.8. The van der Waals surface area contributed by atoms with E-state index in [4.69, 9.17) is 58.6 Å². The number of para-hydroxylation sites is 1. The Kier molecular flexibility index (Phi) is 5.89. The third-order valence-corrected chi connectivity index (χ3v) is 3.82. The van der Waals surface area contributed by atoms with Gasteiger partial charge in [-0.2, -0.15) is 0 Å². The summed E-state index contributed by atoms with van der Waals surface area (Å²) in [4.78, 5) is 12.1. The molecule has 0 spiro atoms. The molecule has 8 heteroatoms. The van der Waals surface area contributed by atoms with E-state index in [9.17, 15) is 4.79 Å². The number of halogens is 4. The lowest BCUT2D eigenvalue weighted by Gasteiger charge is -2.12. The number of carbonyl (C=O) groups excluding carboxylic acids is 1. The zero-order valence-electron chi connectivity index (χ0n) is 10.8. The first-order valence-electron chi connectivity index (χ1n) is 5.89. The van der Waals surface area contributed by atoms with Gasteiger partial charge in [-0.3, -0.25) is 10.1 Å². The summed E-state index contributed by atoms with van der Waals surface area (Å²) in [7, 11) is 0. The van der Waals surface area contributed by atoms with Gasteiger partial charge in [-0.1, -0.05) is 52.5 Å². The van der Waals surface area contributed by atoms with Gasteiger partial charge >= 0.3 is 0 Å². The van der Waals surface area contributed by atoms with E-state index in [1.807, 2.05) is 0 Å². The molecule has 0 fully saturated rings. The maximum absolute atomic E-state index is 12.1. The van der Waals surface area contributed by atoms with Crippen LogP contribution in [0.1, 0.15) is 10.4 Å². The fourth-order valence-corrected chi connectivity index (χ4v) is 2.83. The number of amides is 1. The van der Waals surface area contributed by atoms with Gasteiger partial charge in [0.15, 0.2) is 5.11 Å². The summed E-state index contributed by atoms with van der Waals surface area (Å²) < 4.78 is 0. The highest BCUT2D eigenvalue weighted by atomic mass is 35.5. The van der Waals surface area contributed by atoms with Crippen molar-refractivity contribution >= 4 is 75.3 Å². The van der Waals surface area contributed by atoms with Gasteiger partial charge in [0.05, 0.1) is 15.7 Å². The molecule has 0 bridgehead atoms. The summed E-state index contributed by atoms with van der Waals surface area (Å²) in [6.45, 7) is 0. The van der Waals surface area contributed by atoms with Gasteiger partial charge in [0.1, 0.15) is 0 Å². The van der Waals surface area contributed by atoms with E-state index in [2.05, 4.69) is 10.6 Å². The summed E-state index contributed by atoms with van der Waals surface area (Å²) in [5, 5.41) is 6.80. The van der Waals surface area contributed by atoms with Gasteiger partial charge in [-0.05, 0) is 42.5 Å². The zero-order valence-corrected chi connectivity index (χ0v) is 14.6.